The van der Waals surface area contributed by atoms with E-state index in [4.69, 9.17) is 16.3 Å². The highest BCUT2D eigenvalue weighted by molar-refractivity contribution is 8.04. The van der Waals surface area contributed by atoms with Gasteiger partial charge in [0.2, 0.25) is 0 Å². The van der Waals surface area contributed by atoms with Gasteiger partial charge in [0.1, 0.15) is 0 Å². The number of rotatable bonds is 5. The molecule has 1 aromatic carbocycles. The first kappa shape index (κ1) is 15.5. The molecule has 1 aliphatic rings. The van der Waals surface area contributed by atoms with Crippen molar-refractivity contribution in [2.45, 2.75) is 25.7 Å². The number of carbonyl (C=O) groups is 1. The Morgan fingerprint density at radius 1 is 1.40 bits per heavy atom. The Kier molecular flexibility index (Phi) is 4.82. The monoisotopic (exact) mass is 310 g/mol. The van der Waals surface area contributed by atoms with Crippen molar-refractivity contribution in [2.75, 3.05) is 6.61 Å². The lowest BCUT2D eigenvalue weighted by Gasteiger charge is -2.01. The van der Waals surface area contributed by atoms with E-state index in [2.05, 4.69) is 13.8 Å². The van der Waals surface area contributed by atoms with E-state index in [0.717, 1.165) is 4.90 Å². The molecule has 0 heterocycles. The van der Waals surface area contributed by atoms with Gasteiger partial charge in [-0.05, 0) is 30.4 Å². The summed E-state index contributed by atoms with van der Waals surface area (Å²) in [5, 5.41) is 0. The molecule has 20 heavy (non-hydrogen) atoms. The van der Waals surface area contributed by atoms with E-state index in [1.807, 2.05) is 43.3 Å². The number of esters is 1. The zero-order chi connectivity index (χ0) is 14.8. The molecule has 0 bridgehead atoms. The summed E-state index contributed by atoms with van der Waals surface area (Å²) in [6.07, 6.45) is 1.99. The SMILES string of the molecule is CCOC(=O)[C@@H]1[C@H](/C=C(/Cl)Sc2ccccc2)C1(C)C. The average molecular weight is 311 g/mol. The summed E-state index contributed by atoms with van der Waals surface area (Å²) in [4.78, 5) is 13.0. The maximum absolute atomic E-state index is 11.9. The quantitative estimate of drug-likeness (QED) is 0.583. The van der Waals surface area contributed by atoms with E-state index in [0.29, 0.717) is 11.0 Å². The fourth-order valence-electron chi connectivity index (χ4n) is 2.45. The lowest BCUT2D eigenvalue weighted by atomic mass is 10.1. The normalized spacial score (nSPS) is 24.3. The summed E-state index contributed by atoms with van der Waals surface area (Å²) in [6.45, 7) is 6.41. The minimum atomic E-state index is -0.118. The largest absolute Gasteiger partial charge is 0.466 e. The van der Waals surface area contributed by atoms with E-state index < -0.39 is 0 Å². The second kappa shape index (κ2) is 6.23. The molecule has 0 aromatic heterocycles. The molecule has 2 nitrogen and oxygen atoms in total. The van der Waals surface area contributed by atoms with Crippen molar-refractivity contribution in [1.82, 2.24) is 0 Å². The lowest BCUT2D eigenvalue weighted by Crippen LogP contribution is -2.10. The van der Waals surface area contributed by atoms with Gasteiger partial charge in [-0.15, -0.1) is 0 Å². The van der Waals surface area contributed by atoms with Crippen LogP contribution >= 0.6 is 23.4 Å². The Morgan fingerprint density at radius 2 is 2.05 bits per heavy atom. The van der Waals surface area contributed by atoms with Crippen LogP contribution < -0.4 is 0 Å². The minimum Gasteiger partial charge on any atom is -0.466 e. The van der Waals surface area contributed by atoms with Crippen molar-refractivity contribution < 1.29 is 9.53 Å². The van der Waals surface area contributed by atoms with Crippen LogP contribution in [0.5, 0.6) is 0 Å². The molecule has 0 amide bonds. The number of halogens is 1. The third-order valence-corrected chi connectivity index (χ3v) is 4.92. The number of carbonyl (C=O) groups excluding carboxylic acids is 1. The first-order valence-corrected chi connectivity index (χ1v) is 7.93. The average Bonchev–Trinajstić information content (AvgIpc) is 2.92. The molecule has 1 fully saturated rings. The van der Waals surface area contributed by atoms with Crippen molar-refractivity contribution in [2.24, 2.45) is 17.3 Å². The molecule has 0 aliphatic heterocycles. The molecular formula is C16H19ClO2S. The van der Waals surface area contributed by atoms with Gasteiger partial charge in [-0.1, -0.05) is 61.5 Å². The molecule has 0 unspecified atom stereocenters. The number of allylic oxidation sites excluding steroid dienone is 1. The van der Waals surface area contributed by atoms with Gasteiger partial charge in [0.05, 0.1) is 16.9 Å². The third kappa shape index (κ3) is 3.39. The van der Waals surface area contributed by atoms with Crippen LogP contribution in [0.2, 0.25) is 0 Å². The van der Waals surface area contributed by atoms with Gasteiger partial charge in [0, 0.05) is 4.90 Å². The maximum atomic E-state index is 11.9. The van der Waals surface area contributed by atoms with Crippen molar-refractivity contribution in [3.8, 4) is 0 Å². The van der Waals surface area contributed by atoms with E-state index in [9.17, 15) is 4.79 Å². The summed E-state index contributed by atoms with van der Waals surface area (Å²) in [7, 11) is 0. The summed E-state index contributed by atoms with van der Waals surface area (Å²) >= 11 is 7.81. The second-order valence-corrected chi connectivity index (χ2v) is 7.21. The lowest BCUT2D eigenvalue weighted by molar-refractivity contribution is -0.145. The van der Waals surface area contributed by atoms with Crippen LogP contribution in [0.1, 0.15) is 20.8 Å². The summed E-state index contributed by atoms with van der Waals surface area (Å²) in [5.74, 6) is -0.0363. The fraction of sp³-hybridized carbons (Fsp3) is 0.438. The Labute approximate surface area is 129 Å². The van der Waals surface area contributed by atoms with Crippen molar-refractivity contribution >= 4 is 29.3 Å². The standard InChI is InChI=1S/C16H19ClO2S/c1-4-19-15(18)14-12(16(14,2)3)10-13(17)20-11-8-6-5-7-9-11/h5-10,12,14H,4H2,1-3H3/b13-10-/t12-,14-/m0/s1. The highest BCUT2D eigenvalue weighted by Crippen LogP contribution is 2.60. The van der Waals surface area contributed by atoms with E-state index >= 15 is 0 Å². The fourth-order valence-corrected chi connectivity index (χ4v) is 3.58. The summed E-state index contributed by atoms with van der Waals surface area (Å²) in [5.41, 5.74) is -0.0658. The van der Waals surface area contributed by atoms with Gasteiger partial charge in [-0.3, -0.25) is 4.79 Å². The number of benzene rings is 1. The predicted octanol–water partition coefficient (Wildman–Crippen LogP) is 4.69. The van der Waals surface area contributed by atoms with Gasteiger partial charge in [-0.25, -0.2) is 0 Å². The molecule has 0 spiro atoms. The predicted molar refractivity (Wildman–Crippen MR) is 83.6 cm³/mol. The Morgan fingerprint density at radius 3 is 2.65 bits per heavy atom. The molecule has 4 heteroatoms. The number of hydrogen-bond donors (Lipinski definition) is 0. The highest BCUT2D eigenvalue weighted by Gasteiger charge is 2.61. The number of ether oxygens (including phenoxy) is 1. The van der Waals surface area contributed by atoms with Crippen LogP contribution in [0.25, 0.3) is 0 Å². The molecule has 1 aliphatic carbocycles. The Hall–Kier alpha value is -0.930. The van der Waals surface area contributed by atoms with Gasteiger partial charge in [-0.2, -0.15) is 0 Å². The molecule has 1 saturated carbocycles. The zero-order valence-electron chi connectivity index (χ0n) is 11.9. The third-order valence-electron chi connectivity index (χ3n) is 3.72. The molecule has 0 radical (unpaired) electrons. The highest BCUT2D eigenvalue weighted by atomic mass is 35.5. The number of hydrogen-bond acceptors (Lipinski definition) is 3. The number of thioether (sulfide) groups is 1. The van der Waals surface area contributed by atoms with Crippen LogP contribution in [-0.2, 0) is 9.53 Å². The van der Waals surface area contributed by atoms with Crippen LogP contribution in [0, 0.1) is 17.3 Å². The van der Waals surface area contributed by atoms with Crippen LogP contribution in [-0.4, -0.2) is 12.6 Å². The van der Waals surface area contributed by atoms with E-state index in [1.165, 1.54) is 11.8 Å². The molecule has 0 N–H and O–H groups in total. The first-order chi connectivity index (χ1) is 9.46. The van der Waals surface area contributed by atoms with E-state index in [1.54, 1.807) is 0 Å². The molecular weight excluding hydrogens is 292 g/mol. The molecule has 108 valence electrons. The van der Waals surface area contributed by atoms with Crippen LogP contribution in [0.3, 0.4) is 0 Å². The van der Waals surface area contributed by atoms with Crippen molar-refractivity contribution in [3.05, 3.63) is 40.8 Å². The van der Waals surface area contributed by atoms with Crippen LogP contribution in [0.15, 0.2) is 45.7 Å². The van der Waals surface area contributed by atoms with Crippen molar-refractivity contribution in [1.29, 1.82) is 0 Å². The summed E-state index contributed by atoms with van der Waals surface area (Å²) in [6, 6.07) is 9.97. The Balaban J connectivity index is 2.02. The molecule has 1 aromatic rings. The van der Waals surface area contributed by atoms with Gasteiger partial charge in [0.15, 0.2) is 0 Å². The van der Waals surface area contributed by atoms with Crippen molar-refractivity contribution in [3.63, 3.8) is 0 Å². The molecule has 2 rings (SSSR count). The smallest absolute Gasteiger partial charge is 0.310 e. The molecule has 0 saturated heterocycles. The second-order valence-electron chi connectivity index (χ2n) is 5.46. The van der Waals surface area contributed by atoms with Gasteiger partial charge in [0.25, 0.3) is 0 Å². The van der Waals surface area contributed by atoms with E-state index in [-0.39, 0.29) is 23.2 Å². The summed E-state index contributed by atoms with van der Waals surface area (Å²) < 4.78 is 5.82. The molecule has 2 atom stereocenters. The minimum absolute atomic E-state index is 0.0658. The Bertz CT molecular complexity index is 510. The topological polar surface area (TPSA) is 26.3 Å². The zero-order valence-corrected chi connectivity index (χ0v) is 13.5. The first-order valence-electron chi connectivity index (χ1n) is 6.73. The van der Waals surface area contributed by atoms with Gasteiger partial charge < -0.3 is 4.74 Å². The van der Waals surface area contributed by atoms with Crippen LogP contribution in [0.4, 0.5) is 0 Å². The van der Waals surface area contributed by atoms with Gasteiger partial charge >= 0.3 is 5.97 Å². The maximum Gasteiger partial charge on any atom is 0.310 e.